The van der Waals surface area contributed by atoms with Gasteiger partial charge in [-0.1, -0.05) is 54.1 Å². The third-order valence-electron chi connectivity index (χ3n) is 4.97. The molecule has 0 atom stereocenters. The van der Waals surface area contributed by atoms with Crippen molar-refractivity contribution in [3.05, 3.63) is 90.0 Å². The van der Waals surface area contributed by atoms with Gasteiger partial charge in [-0.05, 0) is 30.5 Å². The molecule has 7 heteroatoms. The molecule has 3 aromatic heterocycles. The highest BCUT2D eigenvalue weighted by Gasteiger charge is 2.14. The van der Waals surface area contributed by atoms with Gasteiger partial charge in [-0.15, -0.1) is 10.2 Å². The van der Waals surface area contributed by atoms with Gasteiger partial charge in [0.1, 0.15) is 5.69 Å². The molecule has 146 valence electrons. The third kappa shape index (κ3) is 3.26. The lowest BCUT2D eigenvalue weighted by Gasteiger charge is -2.07. The Morgan fingerprint density at radius 2 is 1.80 bits per heavy atom. The van der Waals surface area contributed by atoms with Crippen LogP contribution >= 0.6 is 0 Å². The molecule has 0 unspecified atom stereocenters. The summed E-state index contributed by atoms with van der Waals surface area (Å²) in [4.78, 5) is 17.0. The number of benzene rings is 2. The Kier molecular flexibility index (Phi) is 4.40. The maximum absolute atomic E-state index is 12.8. The van der Waals surface area contributed by atoms with Gasteiger partial charge in [-0.3, -0.25) is 9.78 Å². The quantitative estimate of drug-likeness (QED) is 0.504. The van der Waals surface area contributed by atoms with E-state index in [1.165, 1.54) is 5.56 Å². The Morgan fingerprint density at radius 3 is 2.67 bits per heavy atom. The molecule has 30 heavy (non-hydrogen) atoms. The number of nitrogens with zero attached hydrogens (tertiary/aromatic N) is 5. The van der Waals surface area contributed by atoms with Gasteiger partial charge in [0.15, 0.2) is 11.5 Å². The summed E-state index contributed by atoms with van der Waals surface area (Å²) in [6.45, 7) is 2.24. The van der Waals surface area contributed by atoms with Crippen molar-refractivity contribution in [2.45, 2.75) is 13.5 Å². The van der Waals surface area contributed by atoms with Gasteiger partial charge < -0.3 is 5.32 Å². The van der Waals surface area contributed by atoms with Gasteiger partial charge in [0, 0.05) is 17.1 Å². The van der Waals surface area contributed by atoms with Crippen LogP contribution in [0.3, 0.4) is 0 Å². The van der Waals surface area contributed by atoms with Crippen LogP contribution in [0.15, 0.2) is 72.9 Å². The molecule has 0 aliphatic rings. The van der Waals surface area contributed by atoms with Gasteiger partial charge in [-0.25, -0.2) is 0 Å². The van der Waals surface area contributed by atoms with E-state index in [1.54, 1.807) is 10.7 Å². The zero-order valence-electron chi connectivity index (χ0n) is 16.3. The second-order valence-electron chi connectivity index (χ2n) is 7.03. The SMILES string of the molecule is Cc1ccc(-c2ccc3nnc(CNC(=O)c4nccc5ccccc45)n3n2)cc1. The summed E-state index contributed by atoms with van der Waals surface area (Å²) in [6.07, 6.45) is 1.64. The molecular formula is C23H18N6O. The van der Waals surface area contributed by atoms with Gasteiger partial charge >= 0.3 is 0 Å². The number of aryl methyl sites for hydroxylation is 1. The molecule has 3 heterocycles. The number of carbonyl (C=O) groups is 1. The average Bonchev–Trinajstić information content (AvgIpc) is 3.20. The van der Waals surface area contributed by atoms with Crippen LogP contribution in [0.4, 0.5) is 0 Å². The van der Waals surface area contributed by atoms with E-state index < -0.39 is 0 Å². The van der Waals surface area contributed by atoms with Crippen LogP contribution in [0.2, 0.25) is 0 Å². The number of carbonyl (C=O) groups excluding carboxylic acids is 1. The molecule has 0 aliphatic heterocycles. The number of rotatable bonds is 4. The molecule has 0 spiro atoms. The fourth-order valence-electron chi connectivity index (χ4n) is 3.37. The molecule has 1 N–H and O–H groups in total. The van der Waals surface area contributed by atoms with Gasteiger partial charge in [0.2, 0.25) is 0 Å². The molecule has 0 saturated carbocycles. The smallest absolute Gasteiger partial charge is 0.270 e. The lowest BCUT2D eigenvalue weighted by atomic mass is 10.1. The van der Waals surface area contributed by atoms with Crippen molar-refractivity contribution in [1.29, 1.82) is 0 Å². The van der Waals surface area contributed by atoms with Gasteiger partial charge in [0.25, 0.3) is 5.91 Å². The summed E-state index contributed by atoms with van der Waals surface area (Å²) >= 11 is 0. The molecule has 5 rings (SSSR count). The molecule has 7 nitrogen and oxygen atoms in total. The summed E-state index contributed by atoms with van der Waals surface area (Å²) in [5.41, 5.74) is 4.01. The summed E-state index contributed by atoms with van der Waals surface area (Å²) in [5.74, 6) is 0.283. The van der Waals surface area contributed by atoms with E-state index in [1.807, 2.05) is 73.7 Å². The second-order valence-corrected chi connectivity index (χ2v) is 7.03. The number of amides is 1. The highest BCUT2D eigenvalue weighted by molar-refractivity contribution is 6.05. The minimum atomic E-state index is -0.266. The van der Waals surface area contributed by atoms with Crippen molar-refractivity contribution in [2.24, 2.45) is 0 Å². The Balaban J connectivity index is 1.42. The molecule has 0 radical (unpaired) electrons. The zero-order valence-corrected chi connectivity index (χ0v) is 16.3. The predicted octanol–water partition coefficient (Wildman–Crippen LogP) is 3.58. The summed E-state index contributed by atoms with van der Waals surface area (Å²) < 4.78 is 1.66. The monoisotopic (exact) mass is 394 g/mol. The maximum Gasteiger partial charge on any atom is 0.270 e. The van der Waals surface area contributed by atoms with Crippen LogP contribution in [0.25, 0.3) is 27.7 Å². The molecule has 2 aromatic carbocycles. The predicted molar refractivity (Wildman–Crippen MR) is 114 cm³/mol. The fourth-order valence-corrected chi connectivity index (χ4v) is 3.37. The van der Waals surface area contributed by atoms with Crippen LogP contribution in [-0.2, 0) is 6.54 Å². The number of hydrogen-bond donors (Lipinski definition) is 1. The topological polar surface area (TPSA) is 85.1 Å². The lowest BCUT2D eigenvalue weighted by Crippen LogP contribution is -2.25. The Labute approximate surface area is 172 Å². The normalized spacial score (nSPS) is 11.1. The zero-order chi connectivity index (χ0) is 20.5. The molecule has 5 aromatic rings. The van der Waals surface area contributed by atoms with E-state index in [9.17, 15) is 4.79 Å². The van der Waals surface area contributed by atoms with Crippen LogP contribution in [0.1, 0.15) is 21.9 Å². The minimum Gasteiger partial charge on any atom is -0.343 e. The van der Waals surface area contributed by atoms with Crippen LogP contribution in [0.5, 0.6) is 0 Å². The number of pyridine rings is 1. The maximum atomic E-state index is 12.8. The first kappa shape index (κ1) is 17.9. The largest absolute Gasteiger partial charge is 0.343 e. The minimum absolute atomic E-state index is 0.190. The van der Waals surface area contributed by atoms with E-state index in [2.05, 4.69) is 25.6 Å². The van der Waals surface area contributed by atoms with Crippen molar-refractivity contribution < 1.29 is 4.79 Å². The highest BCUT2D eigenvalue weighted by atomic mass is 16.1. The van der Waals surface area contributed by atoms with Crippen molar-refractivity contribution in [2.75, 3.05) is 0 Å². The summed E-state index contributed by atoms with van der Waals surface area (Å²) in [6, 6.07) is 21.5. The van der Waals surface area contributed by atoms with E-state index in [4.69, 9.17) is 0 Å². The van der Waals surface area contributed by atoms with Crippen LogP contribution < -0.4 is 5.32 Å². The van der Waals surface area contributed by atoms with Crippen molar-refractivity contribution in [1.82, 2.24) is 30.1 Å². The first-order valence-corrected chi connectivity index (χ1v) is 9.59. The number of hydrogen-bond acceptors (Lipinski definition) is 5. The average molecular weight is 394 g/mol. The van der Waals surface area contributed by atoms with E-state index in [-0.39, 0.29) is 12.5 Å². The van der Waals surface area contributed by atoms with Gasteiger partial charge in [0.05, 0.1) is 12.2 Å². The fraction of sp³-hybridized carbons (Fsp3) is 0.0870. The van der Waals surface area contributed by atoms with Gasteiger partial charge in [-0.2, -0.15) is 9.61 Å². The molecule has 1 amide bonds. The Morgan fingerprint density at radius 1 is 0.967 bits per heavy atom. The standard InChI is InChI=1S/C23H18N6O/c1-15-6-8-17(9-7-15)19-10-11-20-26-27-21(29(20)28-19)14-25-23(30)22-18-5-3-2-4-16(18)12-13-24-22/h2-13H,14H2,1H3,(H,25,30). The Hall–Kier alpha value is -4.13. The number of aromatic nitrogens is 5. The van der Waals surface area contributed by atoms with Crippen LogP contribution in [-0.4, -0.2) is 30.7 Å². The number of nitrogens with one attached hydrogen (secondary N) is 1. The van der Waals surface area contributed by atoms with Crippen molar-refractivity contribution >= 4 is 22.3 Å². The Bertz CT molecular complexity index is 1370. The molecule has 0 aliphatic carbocycles. The van der Waals surface area contributed by atoms with Crippen molar-refractivity contribution in [3.63, 3.8) is 0 Å². The molecule has 0 saturated heterocycles. The first-order valence-electron chi connectivity index (χ1n) is 9.59. The van der Waals surface area contributed by atoms with Crippen molar-refractivity contribution in [3.8, 4) is 11.3 Å². The third-order valence-corrected chi connectivity index (χ3v) is 4.97. The molecule has 0 fully saturated rings. The summed E-state index contributed by atoms with van der Waals surface area (Å²) in [7, 11) is 0. The second kappa shape index (κ2) is 7.36. The lowest BCUT2D eigenvalue weighted by molar-refractivity contribution is 0.0946. The van der Waals surface area contributed by atoms with Crippen LogP contribution in [0, 0.1) is 6.92 Å². The highest BCUT2D eigenvalue weighted by Crippen LogP contribution is 2.19. The van der Waals surface area contributed by atoms with E-state index >= 15 is 0 Å². The van der Waals surface area contributed by atoms with E-state index in [0.717, 1.165) is 22.0 Å². The number of fused-ring (bicyclic) bond motifs is 2. The molecule has 0 bridgehead atoms. The first-order chi connectivity index (χ1) is 14.7. The van der Waals surface area contributed by atoms with E-state index in [0.29, 0.717) is 17.2 Å². The summed E-state index contributed by atoms with van der Waals surface area (Å²) in [5, 5.41) is 17.7. The molecular weight excluding hydrogens is 376 g/mol.